The maximum absolute atomic E-state index is 12.1. The number of thiophene rings is 1. The molecule has 1 aromatic rings. The lowest BCUT2D eigenvalue weighted by Crippen LogP contribution is -2.38. The minimum absolute atomic E-state index is 0.0698. The van der Waals surface area contributed by atoms with Gasteiger partial charge in [-0.2, -0.15) is 13.2 Å². The predicted octanol–water partition coefficient (Wildman–Crippen LogP) is 2.05. The summed E-state index contributed by atoms with van der Waals surface area (Å²) in [6.07, 6.45) is -4.84. The van der Waals surface area contributed by atoms with Gasteiger partial charge in [0.25, 0.3) is 0 Å². The van der Waals surface area contributed by atoms with Gasteiger partial charge in [-0.05, 0) is 17.0 Å². The van der Waals surface area contributed by atoms with Crippen molar-refractivity contribution in [2.24, 2.45) is 5.16 Å². The van der Waals surface area contributed by atoms with Gasteiger partial charge in [0, 0.05) is 6.42 Å². The lowest BCUT2D eigenvalue weighted by molar-refractivity contribution is -0.174. The number of halogens is 3. The fraction of sp³-hybridized carbons (Fsp3) is 0.333. The molecule has 1 aliphatic carbocycles. The van der Waals surface area contributed by atoms with E-state index in [-0.39, 0.29) is 6.42 Å². The number of rotatable bonds is 1. The van der Waals surface area contributed by atoms with Gasteiger partial charge in [0.1, 0.15) is 0 Å². The molecule has 1 amide bonds. The average Bonchev–Trinajstić information content (AvgIpc) is 2.79. The van der Waals surface area contributed by atoms with Crippen LogP contribution in [0.3, 0.4) is 0 Å². The van der Waals surface area contributed by atoms with Gasteiger partial charge in [-0.15, -0.1) is 11.3 Å². The predicted molar refractivity (Wildman–Crippen MR) is 54.2 cm³/mol. The molecular weight excluding hydrogens is 257 g/mol. The molecule has 0 unspecified atom stereocenters. The fourth-order valence-corrected chi connectivity index (χ4v) is 2.64. The molecule has 4 nitrogen and oxygen atoms in total. The Morgan fingerprint density at radius 3 is 2.88 bits per heavy atom. The number of carbonyl (C=O) groups excluding carboxylic acids is 1. The Morgan fingerprint density at radius 1 is 1.59 bits per heavy atom. The van der Waals surface area contributed by atoms with Crippen LogP contribution in [-0.2, 0) is 4.79 Å². The lowest BCUT2D eigenvalue weighted by atomic mass is 10.2. The largest absolute Gasteiger partial charge is 0.471 e. The number of oxime groups is 1. The van der Waals surface area contributed by atoms with E-state index in [0.29, 0.717) is 16.2 Å². The van der Waals surface area contributed by atoms with E-state index >= 15 is 0 Å². The van der Waals surface area contributed by atoms with E-state index in [0.717, 1.165) is 0 Å². The summed E-state index contributed by atoms with van der Waals surface area (Å²) >= 11 is 1.26. The van der Waals surface area contributed by atoms with Crippen molar-refractivity contribution in [3.8, 4) is 0 Å². The van der Waals surface area contributed by atoms with E-state index in [1.807, 2.05) is 5.32 Å². The third kappa shape index (κ3) is 2.12. The molecule has 0 aromatic carbocycles. The molecule has 0 aliphatic heterocycles. The topological polar surface area (TPSA) is 61.7 Å². The molecule has 17 heavy (non-hydrogen) atoms. The monoisotopic (exact) mass is 264 g/mol. The van der Waals surface area contributed by atoms with Gasteiger partial charge in [-0.3, -0.25) is 4.79 Å². The first-order valence-electron chi connectivity index (χ1n) is 4.60. The molecule has 92 valence electrons. The zero-order valence-electron chi connectivity index (χ0n) is 8.28. The number of amides is 1. The van der Waals surface area contributed by atoms with Crippen LogP contribution >= 0.6 is 11.3 Å². The summed E-state index contributed by atoms with van der Waals surface area (Å²) in [5.74, 6) is -1.99. The molecule has 1 atom stereocenters. The fourth-order valence-electron chi connectivity index (χ4n) is 1.68. The Hall–Kier alpha value is -1.57. The van der Waals surface area contributed by atoms with Crippen molar-refractivity contribution in [1.82, 2.24) is 5.32 Å². The molecule has 0 bridgehead atoms. The molecule has 0 spiro atoms. The first-order chi connectivity index (χ1) is 7.93. The second-order valence-electron chi connectivity index (χ2n) is 3.48. The summed E-state index contributed by atoms with van der Waals surface area (Å²) in [6, 6.07) is 0.829. The van der Waals surface area contributed by atoms with Crippen molar-refractivity contribution in [2.45, 2.75) is 18.6 Å². The van der Waals surface area contributed by atoms with Gasteiger partial charge in [0.2, 0.25) is 0 Å². The second-order valence-corrected chi connectivity index (χ2v) is 4.40. The number of nitrogens with zero attached hydrogens (tertiary/aromatic N) is 1. The molecule has 0 radical (unpaired) electrons. The second kappa shape index (κ2) is 4.02. The van der Waals surface area contributed by atoms with Crippen LogP contribution in [0.25, 0.3) is 0 Å². The Kier molecular flexibility index (Phi) is 2.82. The van der Waals surface area contributed by atoms with Gasteiger partial charge in [-0.1, -0.05) is 5.16 Å². The minimum atomic E-state index is -4.91. The van der Waals surface area contributed by atoms with Gasteiger partial charge >= 0.3 is 12.1 Å². The van der Waals surface area contributed by atoms with E-state index in [1.54, 1.807) is 11.4 Å². The van der Waals surface area contributed by atoms with Crippen molar-refractivity contribution in [1.29, 1.82) is 0 Å². The molecule has 2 rings (SSSR count). The highest BCUT2D eigenvalue weighted by molar-refractivity contribution is 7.12. The Morgan fingerprint density at radius 2 is 2.29 bits per heavy atom. The van der Waals surface area contributed by atoms with Crippen LogP contribution in [0.5, 0.6) is 0 Å². The highest BCUT2D eigenvalue weighted by atomic mass is 32.1. The van der Waals surface area contributed by atoms with Crippen molar-refractivity contribution in [3.63, 3.8) is 0 Å². The average molecular weight is 264 g/mol. The van der Waals surface area contributed by atoms with Crippen molar-refractivity contribution >= 4 is 23.0 Å². The van der Waals surface area contributed by atoms with Crippen LogP contribution in [0.1, 0.15) is 22.9 Å². The summed E-state index contributed by atoms with van der Waals surface area (Å²) in [5.41, 5.74) is 0.850. The Labute approximate surface area is 97.7 Å². The van der Waals surface area contributed by atoms with E-state index < -0.39 is 18.1 Å². The number of nitrogens with one attached hydrogen (secondary N) is 1. The lowest BCUT2D eigenvalue weighted by Gasteiger charge is -2.13. The van der Waals surface area contributed by atoms with Crippen LogP contribution in [0.2, 0.25) is 0 Å². The number of fused-ring (bicyclic) bond motifs is 1. The first kappa shape index (κ1) is 11.9. The van der Waals surface area contributed by atoms with E-state index in [2.05, 4.69) is 5.16 Å². The zero-order valence-corrected chi connectivity index (χ0v) is 9.10. The number of carbonyl (C=O) groups is 1. The highest BCUT2D eigenvalue weighted by Gasteiger charge is 2.41. The van der Waals surface area contributed by atoms with Crippen LogP contribution in [0.15, 0.2) is 16.6 Å². The number of alkyl halides is 3. The summed E-state index contributed by atoms with van der Waals surface area (Å²) < 4.78 is 36.3. The highest BCUT2D eigenvalue weighted by Crippen LogP contribution is 2.35. The third-order valence-electron chi connectivity index (χ3n) is 2.41. The van der Waals surface area contributed by atoms with Crippen LogP contribution in [-0.4, -0.2) is 23.0 Å². The first-order valence-corrected chi connectivity index (χ1v) is 5.48. The number of hydrogen-bond acceptors (Lipinski definition) is 4. The zero-order chi connectivity index (χ0) is 12.6. The third-order valence-corrected chi connectivity index (χ3v) is 3.39. The van der Waals surface area contributed by atoms with Crippen LogP contribution < -0.4 is 5.32 Å². The van der Waals surface area contributed by atoms with E-state index in [4.69, 9.17) is 5.21 Å². The smallest absolute Gasteiger partial charge is 0.411 e. The Balaban J connectivity index is 2.19. The molecule has 8 heteroatoms. The van der Waals surface area contributed by atoms with Crippen molar-refractivity contribution in [2.75, 3.05) is 0 Å². The molecule has 0 fully saturated rings. The molecule has 0 saturated carbocycles. The number of hydrogen-bond donors (Lipinski definition) is 2. The van der Waals surface area contributed by atoms with Gasteiger partial charge in [0.15, 0.2) is 0 Å². The summed E-state index contributed by atoms with van der Waals surface area (Å²) in [6.45, 7) is 0. The van der Waals surface area contributed by atoms with Crippen molar-refractivity contribution < 1.29 is 23.2 Å². The Bertz CT molecular complexity index is 481. The van der Waals surface area contributed by atoms with E-state index in [1.165, 1.54) is 11.3 Å². The van der Waals surface area contributed by atoms with Crippen molar-refractivity contribution in [3.05, 3.63) is 21.9 Å². The van der Waals surface area contributed by atoms with Crippen LogP contribution in [0.4, 0.5) is 13.2 Å². The molecular formula is C9H7F3N2O2S. The molecule has 1 aliphatic rings. The molecule has 0 saturated heterocycles. The summed E-state index contributed by atoms with van der Waals surface area (Å²) in [4.78, 5) is 11.4. The van der Waals surface area contributed by atoms with Gasteiger partial charge < -0.3 is 10.5 Å². The normalized spacial score (nSPS) is 21.6. The maximum Gasteiger partial charge on any atom is 0.471 e. The SMILES string of the molecule is O=C(N[C@H]1C/C(=N/O)c2sccc21)C(F)(F)F. The summed E-state index contributed by atoms with van der Waals surface area (Å²) in [7, 11) is 0. The van der Waals surface area contributed by atoms with Crippen LogP contribution in [0, 0.1) is 0 Å². The quantitative estimate of drug-likeness (QED) is 0.602. The molecule has 1 heterocycles. The minimum Gasteiger partial charge on any atom is -0.411 e. The molecule has 1 aromatic heterocycles. The summed E-state index contributed by atoms with van der Waals surface area (Å²) in [5, 5.41) is 15.3. The maximum atomic E-state index is 12.1. The van der Waals surface area contributed by atoms with Gasteiger partial charge in [-0.25, -0.2) is 0 Å². The van der Waals surface area contributed by atoms with Gasteiger partial charge in [0.05, 0.1) is 16.6 Å². The molecule has 2 N–H and O–H groups in total. The standard InChI is InChI=1S/C9H7F3N2O2S/c10-9(11,12)8(15)13-5-3-6(14-16)7-4(5)1-2-17-7/h1-2,5,16H,3H2,(H,13,15)/b14-6-/t5-/m0/s1. The van der Waals surface area contributed by atoms with E-state index in [9.17, 15) is 18.0 Å².